The van der Waals surface area contributed by atoms with Crippen LogP contribution in [-0.2, 0) is 12.7 Å². The molecule has 0 saturated heterocycles. The highest BCUT2D eigenvalue weighted by Crippen LogP contribution is 2.36. The fraction of sp³-hybridized carbons (Fsp3) is 0.348. The van der Waals surface area contributed by atoms with E-state index in [9.17, 15) is 22.4 Å². The number of hydrogen-bond acceptors (Lipinski definition) is 3. The van der Waals surface area contributed by atoms with Crippen LogP contribution < -0.4 is 10.5 Å². The Morgan fingerprint density at radius 1 is 0.967 bits per heavy atom. The summed E-state index contributed by atoms with van der Waals surface area (Å²) < 4.78 is 58.4. The molecule has 1 fully saturated rings. The molecule has 3 aromatic rings. The molecule has 0 amide bonds. The number of nitrogens with zero attached hydrogens (tertiary/aromatic N) is 1. The molecule has 1 aliphatic carbocycles. The third-order valence-electron chi connectivity index (χ3n) is 5.65. The van der Waals surface area contributed by atoms with E-state index in [4.69, 9.17) is 4.42 Å². The van der Waals surface area contributed by atoms with Crippen LogP contribution in [0, 0.1) is 5.82 Å². The van der Waals surface area contributed by atoms with Crippen LogP contribution in [0.15, 0.2) is 57.7 Å². The number of anilines is 1. The molecular formula is C23H21F4NO2. The van der Waals surface area contributed by atoms with Crippen LogP contribution in [0.3, 0.4) is 0 Å². The zero-order valence-electron chi connectivity index (χ0n) is 16.2. The number of halogens is 4. The second-order valence-electron chi connectivity index (χ2n) is 7.70. The minimum atomic E-state index is -4.65. The molecule has 0 atom stereocenters. The molecule has 0 unspecified atom stereocenters. The van der Waals surface area contributed by atoms with Crippen LogP contribution in [-0.4, -0.2) is 6.04 Å². The van der Waals surface area contributed by atoms with Gasteiger partial charge in [-0.1, -0.05) is 31.4 Å². The number of alkyl halides is 3. The van der Waals surface area contributed by atoms with Crippen LogP contribution in [0.2, 0.25) is 0 Å². The average molecular weight is 419 g/mol. The Labute approximate surface area is 170 Å². The maximum atomic E-state index is 13.3. The van der Waals surface area contributed by atoms with Gasteiger partial charge in [-0.2, -0.15) is 13.2 Å². The topological polar surface area (TPSA) is 33.5 Å². The zero-order chi connectivity index (χ0) is 21.3. The summed E-state index contributed by atoms with van der Waals surface area (Å²) in [5.41, 5.74) is -0.543. The predicted molar refractivity (Wildman–Crippen MR) is 107 cm³/mol. The molecule has 0 aliphatic heterocycles. The summed E-state index contributed by atoms with van der Waals surface area (Å²) in [7, 11) is 0. The van der Waals surface area contributed by atoms with Crippen molar-refractivity contribution in [2.45, 2.75) is 50.9 Å². The molecule has 0 spiro atoms. The first-order valence-electron chi connectivity index (χ1n) is 9.97. The standard InChI is InChI=1S/C23H21F4NO2/c24-16-8-6-15(7-9-16)14-28(17-4-2-1-3-5-17)18-10-11-19-20(23(25,26)27)13-22(29)30-21(19)12-18/h6-13,17H,1-5,14H2. The lowest BCUT2D eigenvalue weighted by Crippen LogP contribution is -2.36. The molecule has 0 N–H and O–H groups in total. The van der Waals surface area contributed by atoms with Gasteiger partial charge in [0.05, 0.1) is 5.56 Å². The van der Waals surface area contributed by atoms with Crippen LogP contribution in [0.5, 0.6) is 0 Å². The van der Waals surface area contributed by atoms with Crippen molar-refractivity contribution in [3.05, 3.63) is 75.9 Å². The Balaban J connectivity index is 1.77. The van der Waals surface area contributed by atoms with Gasteiger partial charge in [0.25, 0.3) is 0 Å². The van der Waals surface area contributed by atoms with E-state index < -0.39 is 17.4 Å². The number of rotatable bonds is 4. The molecule has 1 heterocycles. The minimum Gasteiger partial charge on any atom is -0.423 e. The lowest BCUT2D eigenvalue weighted by Gasteiger charge is -2.36. The Kier molecular flexibility index (Phi) is 5.54. The predicted octanol–water partition coefficient (Wildman–Crippen LogP) is 6.29. The van der Waals surface area contributed by atoms with Crippen molar-refractivity contribution in [2.24, 2.45) is 0 Å². The van der Waals surface area contributed by atoms with Gasteiger partial charge in [-0.25, -0.2) is 9.18 Å². The normalized spacial score (nSPS) is 15.5. The molecule has 1 aliphatic rings. The molecular weight excluding hydrogens is 398 g/mol. The molecule has 0 radical (unpaired) electrons. The Morgan fingerprint density at radius 3 is 2.33 bits per heavy atom. The van der Waals surface area contributed by atoms with Crippen LogP contribution in [0.25, 0.3) is 11.0 Å². The van der Waals surface area contributed by atoms with Gasteiger partial charge in [0.2, 0.25) is 0 Å². The first-order valence-corrected chi connectivity index (χ1v) is 9.97. The van der Waals surface area contributed by atoms with Crippen molar-refractivity contribution < 1.29 is 22.0 Å². The number of benzene rings is 2. The maximum Gasteiger partial charge on any atom is 0.417 e. The molecule has 4 rings (SSSR count). The quantitative estimate of drug-likeness (QED) is 0.368. The van der Waals surface area contributed by atoms with E-state index in [2.05, 4.69) is 4.90 Å². The van der Waals surface area contributed by atoms with Crippen LogP contribution >= 0.6 is 0 Å². The summed E-state index contributed by atoms with van der Waals surface area (Å²) >= 11 is 0. The molecule has 2 aromatic carbocycles. The van der Waals surface area contributed by atoms with Gasteiger partial charge in [-0.05, 0) is 42.7 Å². The van der Waals surface area contributed by atoms with Gasteiger partial charge in [0.15, 0.2) is 0 Å². The van der Waals surface area contributed by atoms with Gasteiger partial charge in [-0.3, -0.25) is 0 Å². The third-order valence-corrected chi connectivity index (χ3v) is 5.65. The van der Waals surface area contributed by atoms with Gasteiger partial charge in [-0.15, -0.1) is 0 Å². The molecule has 3 nitrogen and oxygen atoms in total. The van der Waals surface area contributed by atoms with Crippen molar-refractivity contribution in [1.29, 1.82) is 0 Å². The third kappa shape index (κ3) is 4.35. The van der Waals surface area contributed by atoms with Crippen LogP contribution in [0.1, 0.15) is 43.2 Å². The fourth-order valence-corrected chi connectivity index (χ4v) is 4.18. The van der Waals surface area contributed by atoms with E-state index in [1.807, 2.05) is 0 Å². The molecule has 30 heavy (non-hydrogen) atoms. The first kappa shape index (κ1) is 20.4. The van der Waals surface area contributed by atoms with E-state index in [0.717, 1.165) is 37.7 Å². The number of hydrogen-bond donors (Lipinski definition) is 0. The molecule has 1 saturated carbocycles. The van der Waals surface area contributed by atoms with Gasteiger partial charge >= 0.3 is 11.8 Å². The lowest BCUT2D eigenvalue weighted by molar-refractivity contribution is -0.136. The maximum absolute atomic E-state index is 13.3. The number of fused-ring (bicyclic) bond motifs is 1. The monoisotopic (exact) mass is 419 g/mol. The first-order chi connectivity index (χ1) is 14.3. The second-order valence-corrected chi connectivity index (χ2v) is 7.70. The highest BCUT2D eigenvalue weighted by Gasteiger charge is 2.34. The summed E-state index contributed by atoms with van der Waals surface area (Å²) in [6, 6.07) is 11.4. The highest BCUT2D eigenvalue weighted by atomic mass is 19.4. The van der Waals surface area contributed by atoms with E-state index in [1.165, 1.54) is 24.3 Å². The van der Waals surface area contributed by atoms with Crippen molar-refractivity contribution in [3.8, 4) is 0 Å². The van der Waals surface area contributed by atoms with E-state index >= 15 is 0 Å². The van der Waals surface area contributed by atoms with Crippen molar-refractivity contribution in [3.63, 3.8) is 0 Å². The van der Waals surface area contributed by atoms with Crippen molar-refractivity contribution in [1.82, 2.24) is 0 Å². The lowest BCUT2D eigenvalue weighted by atomic mass is 9.93. The summed E-state index contributed by atoms with van der Waals surface area (Å²) in [5.74, 6) is -0.324. The van der Waals surface area contributed by atoms with Gasteiger partial charge < -0.3 is 9.32 Å². The molecule has 1 aromatic heterocycles. The Hall–Kier alpha value is -2.83. The van der Waals surface area contributed by atoms with E-state index in [0.29, 0.717) is 18.3 Å². The average Bonchev–Trinajstić information content (AvgIpc) is 2.72. The molecule has 0 bridgehead atoms. The van der Waals surface area contributed by atoms with Crippen molar-refractivity contribution >= 4 is 16.7 Å². The molecule has 158 valence electrons. The molecule has 7 heteroatoms. The largest absolute Gasteiger partial charge is 0.423 e. The summed E-state index contributed by atoms with van der Waals surface area (Å²) in [5, 5.41) is -0.142. The van der Waals surface area contributed by atoms with E-state index in [-0.39, 0.29) is 22.8 Å². The summed E-state index contributed by atoms with van der Waals surface area (Å²) in [4.78, 5) is 13.9. The van der Waals surface area contributed by atoms with E-state index in [1.54, 1.807) is 18.2 Å². The summed E-state index contributed by atoms with van der Waals surface area (Å²) in [6.45, 7) is 0.486. The van der Waals surface area contributed by atoms with Gasteiger partial charge in [0, 0.05) is 35.8 Å². The van der Waals surface area contributed by atoms with Gasteiger partial charge in [0.1, 0.15) is 11.4 Å². The Bertz CT molecular complexity index is 1080. The fourth-order valence-electron chi connectivity index (χ4n) is 4.18. The zero-order valence-corrected chi connectivity index (χ0v) is 16.2. The van der Waals surface area contributed by atoms with Crippen molar-refractivity contribution in [2.75, 3.05) is 4.90 Å². The second kappa shape index (κ2) is 8.13. The summed E-state index contributed by atoms with van der Waals surface area (Å²) in [6.07, 6.45) is 0.587. The Morgan fingerprint density at radius 2 is 1.67 bits per heavy atom. The minimum absolute atomic E-state index is 0.0905. The smallest absolute Gasteiger partial charge is 0.417 e. The van der Waals surface area contributed by atoms with Crippen LogP contribution in [0.4, 0.5) is 23.2 Å². The SMILES string of the molecule is O=c1cc(C(F)(F)F)c2ccc(N(Cc3ccc(F)cc3)C3CCCCC3)cc2o1. The highest BCUT2D eigenvalue weighted by molar-refractivity contribution is 5.84.